The van der Waals surface area contributed by atoms with Gasteiger partial charge in [-0.15, -0.1) is 0 Å². The molecule has 1 heteroatoms. The molecule has 0 aromatic heterocycles. The number of nitrogens with zero attached hydrogens (tertiary/aromatic N) is 1. The maximum Gasteiger partial charge on any atom is 0.0388 e. The Balaban J connectivity index is 3.24. The van der Waals surface area contributed by atoms with Gasteiger partial charge in [-0.25, -0.2) is 0 Å². The van der Waals surface area contributed by atoms with Crippen LogP contribution in [0.5, 0.6) is 0 Å². The molecule has 0 unspecified atom stereocenters. The second-order valence-corrected chi connectivity index (χ2v) is 8.49. The van der Waals surface area contributed by atoms with Gasteiger partial charge >= 0.3 is 0 Å². The van der Waals surface area contributed by atoms with Crippen molar-refractivity contribution in [3.8, 4) is 0 Å². The molecular formula is C25H49N. The van der Waals surface area contributed by atoms with E-state index in [1.165, 1.54) is 108 Å². The molecule has 0 aliphatic carbocycles. The Hall–Kier alpha value is -0.590. The van der Waals surface area contributed by atoms with Crippen LogP contribution >= 0.6 is 0 Å². The standard InChI is InChI=1S/C25H49N/c1-5-6-7-8-9-10-11-12-13-14-15-16-17-18-19-20-23-26-25(4)22-21-24(2)3/h12-13,24H,5-11,14-23H2,1-4H3. The zero-order valence-corrected chi connectivity index (χ0v) is 18.7. The molecule has 0 N–H and O–H groups in total. The molecule has 0 fully saturated rings. The van der Waals surface area contributed by atoms with Crippen molar-refractivity contribution in [2.75, 3.05) is 6.54 Å². The first-order chi connectivity index (χ1) is 12.7. The van der Waals surface area contributed by atoms with Crippen LogP contribution in [0.4, 0.5) is 0 Å². The van der Waals surface area contributed by atoms with E-state index in [-0.39, 0.29) is 0 Å². The highest BCUT2D eigenvalue weighted by molar-refractivity contribution is 5.81. The molecule has 0 spiro atoms. The lowest BCUT2D eigenvalue weighted by atomic mass is 10.1. The first kappa shape index (κ1) is 25.4. The normalized spacial score (nSPS) is 12.6. The van der Waals surface area contributed by atoms with Crippen LogP contribution in [0.1, 0.15) is 130 Å². The molecule has 0 bridgehead atoms. The Labute approximate surface area is 166 Å². The molecule has 0 heterocycles. The van der Waals surface area contributed by atoms with Gasteiger partial charge in [-0.3, -0.25) is 4.99 Å². The summed E-state index contributed by atoms with van der Waals surface area (Å²) in [6.45, 7) is 10.1. The number of allylic oxidation sites excluding steroid dienone is 2. The fourth-order valence-electron chi connectivity index (χ4n) is 3.21. The minimum atomic E-state index is 0.797. The molecule has 26 heavy (non-hydrogen) atoms. The molecule has 0 rings (SSSR count). The molecular weight excluding hydrogens is 314 g/mol. The summed E-state index contributed by atoms with van der Waals surface area (Å²) < 4.78 is 0. The van der Waals surface area contributed by atoms with Crippen molar-refractivity contribution in [1.29, 1.82) is 0 Å². The SMILES string of the molecule is CCCCCCCCC=CCCCCCCCCN=C(C)CCC(C)C. The fraction of sp³-hybridized carbons (Fsp3) is 0.880. The van der Waals surface area contributed by atoms with E-state index >= 15 is 0 Å². The first-order valence-electron chi connectivity index (χ1n) is 11.8. The van der Waals surface area contributed by atoms with Crippen LogP contribution in [0.2, 0.25) is 0 Å². The molecule has 0 saturated heterocycles. The highest BCUT2D eigenvalue weighted by atomic mass is 14.7. The van der Waals surface area contributed by atoms with Crippen LogP contribution in [0, 0.1) is 5.92 Å². The number of hydrogen-bond acceptors (Lipinski definition) is 1. The van der Waals surface area contributed by atoms with Crippen LogP contribution < -0.4 is 0 Å². The van der Waals surface area contributed by atoms with E-state index in [0.717, 1.165) is 12.5 Å². The van der Waals surface area contributed by atoms with E-state index in [1.807, 2.05) is 0 Å². The van der Waals surface area contributed by atoms with Crippen LogP contribution in [0.15, 0.2) is 17.1 Å². The fourth-order valence-corrected chi connectivity index (χ4v) is 3.21. The van der Waals surface area contributed by atoms with Gasteiger partial charge in [-0.1, -0.05) is 90.7 Å². The lowest BCUT2D eigenvalue weighted by Gasteiger charge is -2.04. The molecule has 0 amide bonds. The smallest absolute Gasteiger partial charge is 0.0388 e. The monoisotopic (exact) mass is 363 g/mol. The Kier molecular flexibility index (Phi) is 20.2. The molecule has 1 nitrogen and oxygen atoms in total. The van der Waals surface area contributed by atoms with Gasteiger partial charge in [0.15, 0.2) is 0 Å². The average molecular weight is 364 g/mol. The maximum atomic E-state index is 4.71. The van der Waals surface area contributed by atoms with Crippen molar-refractivity contribution in [2.45, 2.75) is 130 Å². The predicted octanol–water partition coefficient (Wildman–Crippen LogP) is 8.92. The number of aliphatic imine (C=N–C) groups is 1. The third kappa shape index (κ3) is 21.5. The summed E-state index contributed by atoms with van der Waals surface area (Å²) >= 11 is 0. The van der Waals surface area contributed by atoms with Crippen LogP contribution in [-0.2, 0) is 0 Å². The van der Waals surface area contributed by atoms with Gasteiger partial charge in [-0.2, -0.15) is 0 Å². The second kappa shape index (κ2) is 20.7. The van der Waals surface area contributed by atoms with E-state index in [1.54, 1.807) is 0 Å². The maximum absolute atomic E-state index is 4.71. The largest absolute Gasteiger partial charge is 0.294 e. The molecule has 0 saturated carbocycles. The molecule has 0 atom stereocenters. The van der Waals surface area contributed by atoms with Gasteiger partial charge in [0.2, 0.25) is 0 Å². The van der Waals surface area contributed by atoms with Gasteiger partial charge < -0.3 is 0 Å². The van der Waals surface area contributed by atoms with E-state index in [0.29, 0.717) is 0 Å². The Morgan fingerprint density at radius 1 is 0.731 bits per heavy atom. The summed E-state index contributed by atoms with van der Waals surface area (Å²) in [5.41, 5.74) is 1.35. The van der Waals surface area contributed by atoms with Gasteiger partial charge in [0.05, 0.1) is 0 Å². The highest BCUT2D eigenvalue weighted by Gasteiger charge is 1.96. The Morgan fingerprint density at radius 3 is 1.77 bits per heavy atom. The van der Waals surface area contributed by atoms with Crippen molar-refractivity contribution < 1.29 is 0 Å². The summed E-state index contributed by atoms with van der Waals surface area (Å²) in [6, 6.07) is 0. The molecule has 0 aromatic carbocycles. The van der Waals surface area contributed by atoms with Crippen molar-refractivity contribution in [3.63, 3.8) is 0 Å². The molecule has 0 aromatic rings. The first-order valence-corrected chi connectivity index (χ1v) is 11.8. The topological polar surface area (TPSA) is 12.4 Å². The summed E-state index contributed by atoms with van der Waals surface area (Å²) in [7, 11) is 0. The van der Waals surface area contributed by atoms with Gasteiger partial charge in [-0.05, 0) is 57.8 Å². The number of unbranched alkanes of at least 4 members (excludes halogenated alkanes) is 12. The van der Waals surface area contributed by atoms with Crippen molar-refractivity contribution in [2.24, 2.45) is 10.9 Å². The van der Waals surface area contributed by atoms with Crippen molar-refractivity contribution in [1.82, 2.24) is 0 Å². The minimum Gasteiger partial charge on any atom is -0.294 e. The summed E-state index contributed by atoms with van der Waals surface area (Å²) in [5.74, 6) is 0.797. The predicted molar refractivity (Wildman–Crippen MR) is 122 cm³/mol. The van der Waals surface area contributed by atoms with E-state index in [4.69, 9.17) is 4.99 Å². The van der Waals surface area contributed by atoms with Crippen LogP contribution in [-0.4, -0.2) is 12.3 Å². The zero-order valence-electron chi connectivity index (χ0n) is 18.7. The average Bonchev–Trinajstić information content (AvgIpc) is 2.62. The summed E-state index contributed by atoms with van der Waals surface area (Å²) in [6.07, 6.45) is 26.5. The van der Waals surface area contributed by atoms with Gasteiger partial charge in [0.1, 0.15) is 0 Å². The van der Waals surface area contributed by atoms with Gasteiger partial charge in [0, 0.05) is 12.3 Å². The Bertz CT molecular complexity index is 327. The molecule has 0 aliphatic heterocycles. The van der Waals surface area contributed by atoms with E-state index in [9.17, 15) is 0 Å². The van der Waals surface area contributed by atoms with E-state index < -0.39 is 0 Å². The zero-order chi connectivity index (χ0) is 19.3. The Morgan fingerprint density at radius 2 is 1.23 bits per heavy atom. The molecule has 0 aliphatic rings. The summed E-state index contributed by atoms with van der Waals surface area (Å²) in [4.78, 5) is 4.71. The van der Waals surface area contributed by atoms with Crippen LogP contribution in [0.25, 0.3) is 0 Å². The summed E-state index contributed by atoms with van der Waals surface area (Å²) in [5, 5.41) is 0. The van der Waals surface area contributed by atoms with E-state index in [2.05, 4.69) is 39.8 Å². The van der Waals surface area contributed by atoms with Crippen molar-refractivity contribution >= 4 is 5.71 Å². The van der Waals surface area contributed by atoms with Crippen molar-refractivity contribution in [3.05, 3.63) is 12.2 Å². The lowest BCUT2D eigenvalue weighted by molar-refractivity contribution is 0.594. The quantitative estimate of drug-likeness (QED) is 0.123. The molecule has 154 valence electrons. The van der Waals surface area contributed by atoms with Crippen LogP contribution in [0.3, 0.4) is 0 Å². The number of hydrogen-bond donors (Lipinski definition) is 0. The number of rotatable bonds is 19. The molecule has 0 radical (unpaired) electrons. The third-order valence-corrected chi connectivity index (χ3v) is 5.14. The lowest BCUT2D eigenvalue weighted by Crippen LogP contribution is -1.97. The van der Waals surface area contributed by atoms with Gasteiger partial charge in [0.25, 0.3) is 0 Å². The second-order valence-electron chi connectivity index (χ2n) is 8.49. The minimum absolute atomic E-state index is 0.797. The third-order valence-electron chi connectivity index (χ3n) is 5.14. The highest BCUT2D eigenvalue weighted by Crippen LogP contribution is 2.10.